The van der Waals surface area contributed by atoms with E-state index in [-0.39, 0.29) is 11.5 Å². The number of aliphatic hydroxyl groups is 1. The number of hydrogen-bond acceptors (Lipinski definition) is 3. The van der Waals surface area contributed by atoms with Gasteiger partial charge in [0.15, 0.2) is 5.78 Å². The fourth-order valence-corrected chi connectivity index (χ4v) is 1.97. The number of ketones is 1. The first-order chi connectivity index (χ1) is 10.1. The van der Waals surface area contributed by atoms with Crippen LogP contribution >= 0.6 is 0 Å². The molecule has 0 aromatic heterocycles. The van der Waals surface area contributed by atoms with Crippen molar-refractivity contribution < 1.29 is 14.6 Å². The number of aliphatic hydroxyl groups excluding tert-OH is 1. The molecule has 2 aromatic carbocycles. The number of aryl methyl sites for hydroxylation is 1. The second kappa shape index (κ2) is 6.75. The van der Waals surface area contributed by atoms with Crippen LogP contribution < -0.4 is 4.74 Å². The van der Waals surface area contributed by atoms with Crippen LogP contribution in [-0.4, -0.2) is 10.9 Å². The van der Waals surface area contributed by atoms with E-state index >= 15 is 0 Å². The van der Waals surface area contributed by atoms with Crippen molar-refractivity contribution in [3.05, 3.63) is 77.1 Å². The molecule has 0 fully saturated rings. The van der Waals surface area contributed by atoms with E-state index in [0.717, 1.165) is 11.1 Å². The molecule has 108 valence electrons. The van der Waals surface area contributed by atoms with Crippen molar-refractivity contribution in [3.8, 4) is 5.75 Å². The average molecular weight is 282 g/mol. The van der Waals surface area contributed by atoms with E-state index in [4.69, 9.17) is 4.74 Å². The number of benzene rings is 2. The van der Waals surface area contributed by atoms with Gasteiger partial charge >= 0.3 is 0 Å². The maximum absolute atomic E-state index is 12.1. The van der Waals surface area contributed by atoms with Gasteiger partial charge < -0.3 is 9.84 Å². The molecule has 0 spiro atoms. The van der Waals surface area contributed by atoms with Crippen molar-refractivity contribution >= 4 is 5.78 Å². The van der Waals surface area contributed by atoms with Crippen molar-refractivity contribution in [3.63, 3.8) is 0 Å². The molecule has 0 heterocycles. The molecule has 0 saturated heterocycles. The van der Waals surface area contributed by atoms with Crippen molar-refractivity contribution in [1.82, 2.24) is 0 Å². The standard InChI is InChI=1S/C18H18O3/c1-13-8-9-18(16(10-13)17(20)11-14(2)19)21-12-15-6-4-3-5-7-15/h3-11,19H,12H2,1-2H3. The van der Waals surface area contributed by atoms with Crippen LogP contribution in [-0.2, 0) is 6.61 Å². The highest BCUT2D eigenvalue weighted by Gasteiger charge is 2.11. The fourth-order valence-electron chi connectivity index (χ4n) is 1.97. The summed E-state index contributed by atoms with van der Waals surface area (Å²) in [6.07, 6.45) is 1.20. The number of carbonyl (C=O) groups excluding carboxylic acids is 1. The summed E-state index contributed by atoms with van der Waals surface area (Å²) in [7, 11) is 0. The summed E-state index contributed by atoms with van der Waals surface area (Å²) < 4.78 is 5.75. The second-order valence-electron chi connectivity index (χ2n) is 4.92. The molecule has 0 bridgehead atoms. The minimum absolute atomic E-state index is 0.0180. The van der Waals surface area contributed by atoms with Crippen LogP contribution in [0.15, 0.2) is 60.4 Å². The molecule has 0 amide bonds. The monoisotopic (exact) mass is 282 g/mol. The van der Waals surface area contributed by atoms with Crippen LogP contribution in [0.4, 0.5) is 0 Å². The summed E-state index contributed by atoms with van der Waals surface area (Å²) in [5, 5.41) is 9.25. The lowest BCUT2D eigenvalue weighted by Gasteiger charge is -2.11. The smallest absolute Gasteiger partial charge is 0.192 e. The highest BCUT2D eigenvalue weighted by molar-refractivity contribution is 6.06. The molecule has 0 saturated carbocycles. The van der Waals surface area contributed by atoms with Gasteiger partial charge in [-0.2, -0.15) is 0 Å². The lowest BCUT2D eigenvalue weighted by Crippen LogP contribution is -2.03. The van der Waals surface area contributed by atoms with Gasteiger partial charge in [0.05, 0.1) is 11.3 Å². The zero-order valence-electron chi connectivity index (χ0n) is 12.2. The first-order valence-corrected chi connectivity index (χ1v) is 6.75. The number of hydrogen-bond donors (Lipinski definition) is 1. The summed E-state index contributed by atoms with van der Waals surface area (Å²) >= 11 is 0. The van der Waals surface area contributed by atoms with E-state index in [9.17, 15) is 9.90 Å². The van der Waals surface area contributed by atoms with E-state index < -0.39 is 0 Å². The molecule has 0 aliphatic rings. The Bertz CT molecular complexity index is 653. The SMILES string of the molecule is CC(O)=CC(=O)c1cc(C)ccc1OCc1ccccc1. The molecule has 2 aromatic rings. The zero-order chi connectivity index (χ0) is 15.2. The lowest BCUT2D eigenvalue weighted by atomic mass is 10.1. The maximum Gasteiger partial charge on any atom is 0.192 e. The molecule has 3 nitrogen and oxygen atoms in total. The van der Waals surface area contributed by atoms with Gasteiger partial charge in [-0.25, -0.2) is 0 Å². The van der Waals surface area contributed by atoms with E-state index in [0.29, 0.717) is 17.9 Å². The van der Waals surface area contributed by atoms with Crippen LogP contribution in [0, 0.1) is 6.92 Å². The topological polar surface area (TPSA) is 46.5 Å². The Kier molecular flexibility index (Phi) is 4.77. The Labute approximate surface area is 124 Å². The van der Waals surface area contributed by atoms with Crippen LogP contribution in [0.3, 0.4) is 0 Å². The molecular formula is C18H18O3. The molecule has 0 aliphatic heterocycles. The number of ether oxygens (including phenoxy) is 1. The predicted octanol–water partition coefficient (Wildman–Crippen LogP) is 4.22. The number of carbonyl (C=O) groups is 1. The predicted molar refractivity (Wildman–Crippen MR) is 82.7 cm³/mol. The minimum atomic E-state index is -0.262. The van der Waals surface area contributed by atoms with Crippen LogP contribution in [0.25, 0.3) is 0 Å². The Morgan fingerprint density at radius 1 is 1.19 bits per heavy atom. The fraction of sp³-hybridized carbons (Fsp3) is 0.167. The first-order valence-electron chi connectivity index (χ1n) is 6.75. The van der Waals surface area contributed by atoms with Gasteiger partial charge in [0.1, 0.15) is 12.4 Å². The molecule has 3 heteroatoms. The third-order valence-corrected chi connectivity index (χ3v) is 2.98. The molecule has 21 heavy (non-hydrogen) atoms. The van der Waals surface area contributed by atoms with Crippen LogP contribution in [0.2, 0.25) is 0 Å². The Hall–Kier alpha value is -2.55. The molecule has 0 atom stereocenters. The second-order valence-corrected chi connectivity index (χ2v) is 4.92. The van der Waals surface area contributed by atoms with Gasteiger partial charge in [0.2, 0.25) is 0 Å². The Morgan fingerprint density at radius 2 is 1.90 bits per heavy atom. The minimum Gasteiger partial charge on any atom is -0.512 e. The number of allylic oxidation sites excluding steroid dienone is 2. The normalized spacial score (nSPS) is 11.2. The number of rotatable bonds is 5. The largest absolute Gasteiger partial charge is 0.512 e. The highest BCUT2D eigenvalue weighted by Crippen LogP contribution is 2.22. The molecule has 0 aliphatic carbocycles. The van der Waals surface area contributed by atoms with Crippen molar-refractivity contribution in [2.24, 2.45) is 0 Å². The third kappa shape index (κ3) is 4.21. The van der Waals surface area contributed by atoms with Crippen molar-refractivity contribution in [2.75, 3.05) is 0 Å². The maximum atomic E-state index is 12.1. The van der Waals surface area contributed by atoms with Gasteiger partial charge in [0.25, 0.3) is 0 Å². The quantitative estimate of drug-likeness (QED) is 0.507. The lowest BCUT2D eigenvalue weighted by molar-refractivity contribution is 0.103. The molecule has 2 rings (SSSR count). The molecular weight excluding hydrogens is 264 g/mol. The van der Waals surface area contributed by atoms with Crippen LogP contribution in [0.1, 0.15) is 28.4 Å². The van der Waals surface area contributed by atoms with Crippen molar-refractivity contribution in [2.45, 2.75) is 20.5 Å². The van der Waals surface area contributed by atoms with Crippen LogP contribution in [0.5, 0.6) is 5.75 Å². The summed E-state index contributed by atoms with van der Waals surface area (Å²) in [6.45, 7) is 3.78. The summed E-state index contributed by atoms with van der Waals surface area (Å²) in [4.78, 5) is 12.1. The van der Waals surface area contributed by atoms with E-state index in [1.54, 1.807) is 12.1 Å². The average Bonchev–Trinajstić information content (AvgIpc) is 2.46. The van der Waals surface area contributed by atoms with Gasteiger partial charge in [-0.15, -0.1) is 0 Å². The third-order valence-electron chi connectivity index (χ3n) is 2.98. The van der Waals surface area contributed by atoms with Gasteiger partial charge in [-0.05, 0) is 31.5 Å². The first kappa shape index (κ1) is 14.9. The zero-order valence-corrected chi connectivity index (χ0v) is 12.2. The summed E-state index contributed by atoms with van der Waals surface area (Å²) in [5.74, 6) is 0.240. The van der Waals surface area contributed by atoms with E-state index in [1.807, 2.05) is 43.3 Å². The Balaban J connectivity index is 2.23. The van der Waals surface area contributed by atoms with Gasteiger partial charge in [-0.3, -0.25) is 4.79 Å². The Morgan fingerprint density at radius 3 is 2.57 bits per heavy atom. The van der Waals surface area contributed by atoms with E-state index in [1.165, 1.54) is 13.0 Å². The summed E-state index contributed by atoms with van der Waals surface area (Å²) in [5.41, 5.74) is 2.46. The van der Waals surface area contributed by atoms with Crippen molar-refractivity contribution in [1.29, 1.82) is 0 Å². The van der Waals surface area contributed by atoms with Gasteiger partial charge in [-0.1, -0.05) is 42.0 Å². The highest BCUT2D eigenvalue weighted by atomic mass is 16.5. The molecule has 0 unspecified atom stereocenters. The summed E-state index contributed by atoms with van der Waals surface area (Å²) in [6, 6.07) is 15.2. The van der Waals surface area contributed by atoms with E-state index in [2.05, 4.69) is 0 Å². The molecule has 1 N–H and O–H groups in total. The van der Waals surface area contributed by atoms with Gasteiger partial charge in [0, 0.05) is 6.08 Å². The molecule has 0 radical (unpaired) electrons.